The third-order valence-electron chi connectivity index (χ3n) is 5.56. The number of oxazole rings is 1. The maximum atomic E-state index is 12.7. The molecule has 3 aromatic heterocycles. The van der Waals surface area contributed by atoms with Crippen LogP contribution in [0.1, 0.15) is 23.2 Å². The topological polar surface area (TPSA) is 118 Å². The van der Waals surface area contributed by atoms with Crippen LogP contribution in [0.3, 0.4) is 0 Å². The molecule has 0 saturated carbocycles. The quantitative estimate of drug-likeness (QED) is 0.528. The minimum atomic E-state index is -0.309. The minimum Gasteiger partial charge on any atom is -0.436 e. The van der Waals surface area contributed by atoms with Crippen molar-refractivity contribution < 1.29 is 14.3 Å². The van der Waals surface area contributed by atoms with Gasteiger partial charge in [-0.3, -0.25) is 9.78 Å². The Hall–Kier alpha value is -3.78. The number of aliphatic hydroxyl groups excluding tert-OH is 1. The molecule has 8 heteroatoms. The fraction of sp³-hybridized carbons (Fsp3) is 0.217. The van der Waals surface area contributed by atoms with Gasteiger partial charge >= 0.3 is 0 Å². The zero-order valence-electron chi connectivity index (χ0n) is 16.7. The van der Waals surface area contributed by atoms with Crippen molar-refractivity contribution >= 4 is 22.8 Å². The molecule has 0 bridgehead atoms. The number of nitrogen functional groups attached to an aromatic ring is 1. The van der Waals surface area contributed by atoms with E-state index in [2.05, 4.69) is 15.0 Å². The van der Waals surface area contributed by atoms with Gasteiger partial charge in [0.25, 0.3) is 5.91 Å². The molecule has 1 aliphatic heterocycles. The molecule has 1 aromatic carbocycles. The highest BCUT2D eigenvalue weighted by atomic mass is 16.3. The molecule has 1 fully saturated rings. The number of hydrogen-bond acceptors (Lipinski definition) is 7. The van der Waals surface area contributed by atoms with Crippen LogP contribution in [0.25, 0.3) is 33.7 Å². The van der Waals surface area contributed by atoms with Crippen molar-refractivity contribution in [3.8, 4) is 22.6 Å². The number of carbonyl (C=O) groups excluding carboxylic acids is 1. The lowest BCUT2D eigenvalue weighted by atomic mass is 10.0. The van der Waals surface area contributed by atoms with E-state index in [-0.39, 0.29) is 12.0 Å². The molecule has 0 atom stereocenters. The molecule has 4 heterocycles. The first-order valence-corrected chi connectivity index (χ1v) is 10.1. The zero-order valence-corrected chi connectivity index (χ0v) is 16.7. The number of likely N-dealkylation sites (tertiary alicyclic amines) is 1. The molecule has 31 heavy (non-hydrogen) atoms. The highest BCUT2D eigenvalue weighted by Gasteiger charge is 2.22. The number of amides is 1. The summed E-state index contributed by atoms with van der Waals surface area (Å²) in [5.41, 5.74) is 10.3. The molecule has 1 amide bonds. The zero-order chi connectivity index (χ0) is 21.4. The Morgan fingerprint density at radius 3 is 2.61 bits per heavy atom. The summed E-state index contributed by atoms with van der Waals surface area (Å²) in [7, 11) is 0. The van der Waals surface area contributed by atoms with Crippen LogP contribution < -0.4 is 5.73 Å². The smallest absolute Gasteiger partial charge is 0.253 e. The number of aromatic nitrogens is 3. The number of anilines is 1. The van der Waals surface area contributed by atoms with Crippen LogP contribution in [0.4, 0.5) is 5.82 Å². The van der Waals surface area contributed by atoms with Crippen molar-refractivity contribution in [1.82, 2.24) is 19.9 Å². The van der Waals surface area contributed by atoms with Gasteiger partial charge in [0.1, 0.15) is 11.3 Å². The number of pyridine rings is 2. The predicted octanol–water partition coefficient (Wildman–Crippen LogP) is 3.13. The van der Waals surface area contributed by atoms with Crippen molar-refractivity contribution in [2.75, 3.05) is 18.8 Å². The van der Waals surface area contributed by atoms with Gasteiger partial charge in [-0.05, 0) is 36.6 Å². The van der Waals surface area contributed by atoms with Gasteiger partial charge in [-0.15, -0.1) is 0 Å². The van der Waals surface area contributed by atoms with Crippen molar-refractivity contribution in [3.63, 3.8) is 0 Å². The van der Waals surface area contributed by atoms with E-state index in [0.717, 1.165) is 11.1 Å². The van der Waals surface area contributed by atoms with Crippen LogP contribution in [0.2, 0.25) is 0 Å². The van der Waals surface area contributed by atoms with Crippen molar-refractivity contribution in [2.24, 2.45) is 0 Å². The van der Waals surface area contributed by atoms with Gasteiger partial charge in [0.15, 0.2) is 5.58 Å². The van der Waals surface area contributed by atoms with Crippen LogP contribution >= 0.6 is 0 Å². The van der Waals surface area contributed by atoms with Crippen LogP contribution in [0.15, 0.2) is 59.4 Å². The molecule has 1 aliphatic rings. The summed E-state index contributed by atoms with van der Waals surface area (Å²) in [6, 6.07) is 11.0. The van der Waals surface area contributed by atoms with Crippen LogP contribution in [-0.4, -0.2) is 50.1 Å². The Labute approximate surface area is 178 Å². The van der Waals surface area contributed by atoms with E-state index in [1.165, 1.54) is 0 Å². The van der Waals surface area contributed by atoms with Gasteiger partial charge in [-0.25, -0.2) is 9.97 Å². The van der Waals surface area contributed by atoms with E-state index < -0.39 is 0 Å². The Balaban J connectivity index is 1.41. The van der Waals surface area contributed by atoms with E-state index in [0.29, 0.717) is 59.9 Å². The average molecular weight is 415 g/mol. The van der Waals surface area contributed by atoms with Crippen molar-refractivity contribution in [3.05, 3.63) is 60.6 Å². The third-order valence-corrected chi connectivity index (χ3v) is 5.56. The standard InChI is InChI=1S/C23H21N5O3/c24-21-18(22-27-19-13-25-8-5-20(19)31-22)11-16(12-26-21)14-1-3-15(4-2-14)23(30)28-9-6-17(29)7-10-28/h1-5,8,11-13,17,29H,6-7,9-10H2,(H2,24,26). The van der Waals surface area contributed by atoms with Gasteiger partial charge in [0, 0.05) is 42.7 Å². The summed E-state index contributed by atoms with van der Waals surface area (Å²) >= 11 is 0. The first-order valence-electron chi connectivity index (χ1n) is 10.1. The van der Waals surface area contributed by atoms with Gasteiger partial charge in [-0.2, -0.15) is 0 Å². The van der Waals surface area contributed by atoms with Crippen LogP contribution in [0, 0.1) is 0 Å². The van der Waals surface area contributed by atoms with E-state index in [9.17, 15) is 9.90 Å². The normalized spacial score (nSPS) is 14.8. The summed E-state index contributed by atoms with van der Waals surface area (Å²) in [6.45, 7) is 1.15. The molecule has 8 nitrogen and oxygen atoms in total. The van der Waals surface area contributed by atoms with Crippen LogP contribution in [-0.2, 0) is 0 Å². The number of fused-ring (bicyclic) bond motifs is 1. The fourth-order valence-corrected chi connectivity index (χ4v) is 3.76. The predicted molar refractivity (Wildman–Crippen MR) is 116 cm³/mol. The SMILES string of the molecule is Nc1ncc(-c2ccc(C(=O)N3CCC(O)CC3)cc2)cc1-c1nc2cnccc2o1. The maximum absolute atomic E-state index is 12.7. The Morgan fingerprint density at radius 2 is 1.87 bits per heavy atom. The van der Waals surface area contributed by atoms with Crippen molar-refractivity contribution in [2.45, 2.75) is 18.9 Å². The number of benzene rings is 1. The average Bonchev–Trinajstić information content (AvgIpc) is 3.24. The number of nitrogens with two attached hydrogens (primary N) is 1. The maximum Gasteiger partial charge on any atom is 0.253 e. The molecule has 1 saturated heterocycles. The van der Waals surface area contributed by atoms with E-state index >= 15 is 0 Å². The Kier molecular flexibility index (Phi) is 4.83. The number of piperidine rings is 1. The molecular weight excluding hydrogens is 394 g/mol. The number of nitrogens with zero attached hydrogens (tertiary/aromatic N) is 4. The lowest BCUT2D eigenvalue weighted by Gasteiger charge is -2.29. The summed E-state index contributed by atoms with van der Waals surface area (Å²) < 4.78 is 5.81. The summed E-state index contributed by atoms with van der Waals surface area (Å²) in [6.07, 6.45) is 5.90. The Bertz CT molecular complexity index is 1210. The summed E-state index contributed by atoms with van der Waals surface area (Å²) in [5, 5.41) is 9.64. The number of aliphatic hydroxyl groups is 1. The molecule has 156 valence electrons. The van der Waals surface area contributed by atoms with Gasteiger partial charge in [0.2, 0.25) is 5.89 Å². The van der Waals surface area contributed by atoms with E-state index in [1.54, 1.807) is 29.6 Å². The minimum absolute atomic E-state index is 0.0188. The second-order valence-corrected chi connectivity index (χ2v) is 7.62. The summed E-state index contributed by atoms with van der Waals surface area (Å²) in [4.78, 5) is 27.3. The number of rotatable bonds is 3. The highest BCUT2D eigenvalue weighted by Crippen LogP contribution is 2.31. The van der Waals surface area contributed by atoms with Crippen molar-refractivity contribution in [1.29, 1.82) is 0 Å². The molecule has 0 aliphatic carbocycles. The molecule has 5 rings (SSSR count). The summed E-state index contributed by atoms with van der Waals surface area (Å²) in [5.74, 6) is 0.686. The molecule has 0 unspecified atom stereocenters. The second-order valence-electron chi connectivity index (χ2n) is 7.62. The Morgan fingerprint density at radius 1 is 1.10 bits per heavy atom. The molecule has 4 aromatic rings. The second kappa shape index (κ2) is 7.81. The monoisotopic (exact) mass is 415 g/mol. The fourth-order valence-electron chi connectivity index (χ4n) is 3.76. The van der Waals surface area contributed by atoms with Crippen LogP contribution in [0.5, 0.6) is 0 Å². The first-order chi connectivity index (χ1) is 15.1. The third kappa shape index (κ3) is 3.73. The largest absolute Gasteiger partial charge is 0.436 e. The lowest BCUT2D eigenvalue weighted by molar-refractivity contribution is 0.0546. The van der Waals surface area contributed by atoms with E-state index in [4.69, 9.17) is 10.2 Å². The molecule has 3 N–H and O–H groups in total. The molecule has 0 radical (unpaired) electrons. The van der Waals surface area contributed by atoms with E-state index in [1.807, 2.05) is 30.3 Å². The number of carbonyl (C=O) groups is 1. The van der Waals surface area contributed by atoms with Gasteiger partial charge in [-0.1, -0.05) is 12.1 Å². The molecule has 0 spiro atoms. The van der Waals surface area contributed by atoms with Gasteiger partial charge < -0.3 is 20.2 Å². The highest BCUT2D eigenvalue weighted by molar-refractivity contribution is 5.95. The lowest BCUT2D eigenvalue weighted by Crippen LogP contribution is -2.40. The van der Waals surface area contributed by atoms with Gasteiger partial charge in [0.05, 0.1) is 17.9 Å². The molecular formula is C23H21N5O3. The number of hydrogen-bond donors (Lipinski definition) is 2. The first kappa shape index (κ1) is 19.2.